The topological polar surface area (TPSA) is 48.5 Å². The summed E-state index contributed by atoms with van der Waals surface area (Å²) < 4.78 is 19.4. The Labute approximate surface area is 196 Å². The van der Waals surface area contributed by atoms with E-state index in [1.807, 2.05) is 24.3 Å². The molecule has 0 atom stereocenters. The number of fused-ring (bicyclic) bond motifs is 1. The zero-order chi connectivity index (χ0) is 22.6. The maximum Gasteiger partial charge on any atom is 0.255 e. The van der Waals surface area contributed by atoms with Crippen LogP contribution in [0.5, 0.6) is 0 Å². The molecular weight excluding hydrogens is 435 g/mol. The number of nitrogens with one attached hydrogen (secondary N) is 1. The lowest BCUT2D eigenvalue weighted by Crippen LogP contribution is -2.47. The normalized spacial score (nSPS) is 14.5. The summed E-state index contributed by atoms with van der Waals surface area (Å²) in [6.07, 6.45) is 0.833. The van der Waals surface area contributed by atoms with Crippen LogP contribution in [0.25, 0.3) is 10.1 Å². The van der Waals surface area contributed by atoms with Crippen LogP contribution in [-0.2, 0) is 6.42 Å². The standard InChI is InChI=1S/C26H25FN4OS/c27-21-8-5-7-20(18-21)26(32)28-23-10-3-1-6-19(23)12-13-30-14-16-31(17-15-30)25-22-9-2-4-11-24(22)33-29-25/h1-11,18H,12-17H2,(H,28,32). The summed E-state index contributed by atoms with van der Waals surface area (Å²) in [6, 6.07) is 22.0. The van der Waals surface area contributed by atoms with E-state index in [0.29, 0.717) is 5.56 Å². The van der Waals surface area contributed by atoms with E-state index in [1.54, 1.807) is 23.7 Å². The molecule has 1 aromatic heterocycles. The second-order valence-corrected chi connectivity index (χ2v) is 9.01. The molecule has 168 valence electrons. The lowest BCUT2D eigenvalue weighted by atomic mass is 10.1. The number of halogens is 1. The zero-order valence-corrected chi connectivity index (χ0v) is 19.0. The van der Waals surface area contributed by atoms with Crippen molar-refractivity contribution < 1.29 is 9.18 Å². The molecule has 0 saturated carbocycles. The number of carbonyl (C=O) groups is 1. The smallest absolute Gasteiger partial charge is 0.255 e. The molecule has 1 amide bonds. The first-order valence-corrected chi connectivity index (χ1v) is 11.9. The Hall–Kier alpha value is -3.29. The largest absolute Gasteiger partial charge is 0.353 e. The molecule has 1 saturated heterocycles. The van der Waals surface area contributed by atoms with Crippen molar-refractivity contribution in [1.29, 1.82) is 0 Å². The van der Waals surface area contributed by atoms with Gasteiger partial charge in [-0.2, -0.15) is 4.37 Å². The van der Waals surface area contributed by atoms with Crippen molar-refractivity contribution in [3.63, 3.8) is 0 Å². The van der Waals surface area contributed by atoms with Crippen LogP contribution >= 0.6 is 11.5 Å². The third-order valence-electron chi connectivity index (χ3n) is 6.08. The van der Waals surface area contributed by atoms with Crippen molar-refractivity contribution in [2.45, 2.75) is 6.42 Å². The van der Waals surface area contributed by atoms with Crippen LogP contribution < -0.4 is 10.2 Å². The molecule has 7 heteroatoms. The van der Waals surface area contributed by atoms with Crippen LogP contribution in [0.2, 0.25) is 0 Å². The van der Waals surface area contributed by atoms with E-state index in [9.17, 15) is 9.18 Å². The van der Waals surface area contributed by atoms with Crippen molar-refractivity contribution in [2.75, 3.05) is 42.9 Å². The number of aromatic nitrogens is 1. The van der Waals surface area contributed by atoms with Crippen LogP contribution in [0.4, 0.5) is 15.9 Å². The molecule has 2 heterocycles. The highest BCUT2D eigenvalue weighted by atomic mass is 32.1. The summed E-state index contributed by atoms with van der Waals surface area (Å²) in [5, 5.41) is 4.18. The molecule has 1 aliphatic heterocycles. The van der Waals surface area contributed by atoms with Gasteiger partial charge in [0.15, 0.2) is 0 Å². The SMILES string of the molecule is O=C(Nc1ccccc1CCN1CCN(c2nsc3ccccc23)CC1)c1cccc(F)c1. The van der Waals surface area contributed by atoms with Crippen LogP contribution in [0.15, 0.2) is 72.8 Å². The average molecular weight is 461 g/mol. The molecule has 5 nitrogen and oxygen atoms in total. The summed E-state index contributed by atoms with van der Waals surface area (Å²) in [5.74, 6) is 0.382. The lowest BCUT2D eigenvalue weighted by Gasteiger charge is -2.35. The van der Waals surface area contributed by atoms with E-state index in [0.717, 1.165) is 56.2 Å². The molecule has 1 aliphatic rings. The van der Waals surface area contributed by atoms with Gasteiger partial charge in [-0.1, -0.05) is 36.4 Å². The zero-order valence-electron chi connectivity index (χ0n) is 18.2. The van der Waals surface area contributed by atoms with Crippen LogP contribution in [0.1, 0.15) is 15.9 Å². The minimum atomic E-state index is -0.416. The first kappa shape index (κ1) is 21.6. The number of nitrogens with zero attached hydrogens (tertiary/aromatic N) is 3. The summed E-state index contributed by atoms with van der Waals surface area (Å²) in [5.41, 5.74) is 2.17. The van der Waals surface area contributed by atoms with Gasteiger partial charge in [0.25, 0.3) is 5.91 Å². The van der Waals surface area contributed by atoms with E-state index in [-0.39, 0.29) is 5.91 Å². The third kappa shape index (κ3) is 4.89. The molecule has 33 heavy (non-hydrogen) atoms. The first-order chi connectivity index (χ1) is 16.2. The second-order valence-electron chi connectivity index (χ2n) is 8.20. The molecular formula is C26H25FN4OS. The van der Waals surface area contributed by atoms with E-state index in [2.05, 4.69) is 39.4 Å². The minimum absolute atomic E-state index is 0.300. The van der Waals surface area contributed by atoms with Crippen LogP contribution in [-0.4, -0.2) is 47.9 Å². The predicted molar refractivity (Wildman–Crippen MR) is 133 cm³/mol. The lowest BCUT2D eigenvalue weighted by molar-refractivity contribution is 0.102. The molecule has 0 unspecified atom stereocenters. The molecule has 0 bridgehead atoms. The highest BCUT2D eigenvalue weighted by molar-refractivity contribution is 7.13. The van der Waals surface area contributed by atoms with Gasteiger partial charge in [-0.15, -0.1) is 0 Å². The summed E-state index contributed by atoms with van der Waals surface area (Å²) in [4.78, 5) is 17.4. The number of benzene rings is 3. The number of anilines is 2. The van der Waals surface area contributed by atoms with E-state index >= 15 is 0 Å². The number of amides is 1. The quantitative estimate of drug-likeness (QED) is 0.437. The number of rotatable bonds is 6. The van der Waals surface area contributed by atoms with Gasteiger partial charge in [0.05, 0.1) is 4.70 Å². The molecule has 0 spiro atoms. The Morgan fingerprint density at radius 2 is 1.76 bits per heavy atom. The molecule has 5 rings (SSSR count). The summed E-state index contributed by atoms with van der Waals surface area (Å²) in [7, 11) is 0. The van der Waals surface area contributed by atoms with Gasteiger partial charge in [-0.05, 0) is 59.9 Å². The van der Waals surface area contributed by atoms with Crippen LogP contribution in [0.3, 0.4) is 0 Å². The van der Waals surface area contributed by atoms with Crippen molar-refractivity contribution in [1.82, 2.24) is 9.27 Å². The van der Waals surface area contributed by atoms with Gasteiger partial charge in [-0.25, -0.2) is 4.39 Å². The Kier molecular flexibility index (Phi) is 6.32. The number of para-hydroxylation sites is 1. The fourth-order valence-electron chi connectivity index (χ4n) is 4.25. The molecule has 4 aromatic rings. The molecule has 0 aliphatic carbocycles. The fourth-order valence-corrected chi connectivity index (χ4v) is 5.04. The number of hydrogen-bond donors (Lipinski definition) is 1. The molecule has 1 N–H and O–H groups in total. The van der Waals surface area contributed by atoms with Crippen molar-refractivity contribution >= 4 is 39.0 Å². The average Bonchev–Trinajstić information content (AvgIpc) is 3.28. The van der Waals surface area contributed by atoms with E-state index in [1.165, 1.54) is 22.2 Å². The van der Waals surface area contributed by atoms with Gasteiger partial charge in [0.2, 0.25) is 0 Å². The Bertz CT molecular complexity index is 1270. The summed E-state index contributed by atoms with van der Waals surface area (Å²) >= 11 is 1.56. The maximum absolute atomic E-state index is 13.5. The Morgan fingerprint density at radius 1 is 0.970 bits per heavy atom. The highest BCUT2D eigenvalue weighted by Crippen LogP contribution is 2.30. The third-order valence-corrected chi connectivity index (χ3v) is 6.90. The minimum Gasteiger partial charge on any atom is -0.353 e. The van der Waals surface area contributed by atoms with Gasteiger partial charge in [0.1, 0.15) is 11.6 Å². The van der Waals surface area contributed by atoms with Crippen molar-refractivity contribution in [3.8, 4) is 0 Å². The van der Waals surface area contributed by atoms with Gasteiger partial charge < -0.3 is 10.2 Å². The van der Waals surface area contributed by atoms with Gasteiger partial charge in [-0.3, -0.25) is 9.69 Å². The highest BCUT2D eigenvalue weighted by Gasteiger charge is 2.21. The number of hydrogen-bond acceptors (Lipinski definition) is 5. The molecule has 3 aromatic carbocycles. The first-order valence-electron chi connectivity index (χ1n) is 11.1. The monoisotopic (exact) mass is 460 g/mol. The number of carbonyl (C=O) groups excluding carboxylic acids is 1. The van der Waals surface area contributed by atoms with Crippen molar-refractivity contribution in [2.24, 2.45) is 0 Å². The van der Waals surface area contributed by atoms with E-state index in [4.69, 9.17) is 4.37 Å². The second kappa shape index (κ2) is 9.68. The molecule has 1 fully saturated rings. The van der Waals surface area contributed by atoms with Gasteiger partial charge >= 0.3 is 0 Å². The fraction of sp³-hybridized carbons (Fsp3) is 0.231. The maximum atomic E-state index is 13.5. The van der Waals surface area contributed by atoms with Crippen LogP contribution in [0, 0.1) is 5.82 Å². The van der Waals surface area contributed by atoms with Crippen molar-refractivity contribution in [3.05, 3.63) is 89.7 Å². The van der Waals surface area contributed by atoms with E-state index < -0.39 is 5.82 Å². The Balaban J connectivity index is 1.18. The predicted octanol–water partition coefficient (Wildman–Crippen LogP) is 5.05. The number of piperazine rings is 1. The summed E-state index contributed by atoms with van der Waals surface area (Å²) in [6.45, 7) is 4.77. The Morgan fingerprint density at radius 3 is 2.61 bits per heavy atom. The molecule has 0 radical (unpaired) electrons. The van der Waals surface area contributed by atoms with Gasteiger partial charge in [0, 0.05) is 49.4 Å².